The van der Waals surface area contributed by atoms with Gasteiger partial charge in [-0.3, -0.25) is 15.0 Å². The minimum Gasteiger partial charge on any atom is -0.339 e. The summed E-state index contributed by atoms with van der Waals surface area (Å²) in [5.74, 6) is 1.26. The van der Waals surface area contributed by atoms with Gasteiger partial charge in [-0.15, -0.1) is 0 Å². The van der Waals surface area contributed by atoms with Crippen LogP contribution in [0.5, 0.6) is 0 Å². The SMILES string of the molecule is O=C(C[C@H](CCCC1CCCCC1)c1nc(Cc2cccnc2)no1)NO. The smallest absolute Gasteiger partial charge is 0.244 e. The van der Waals surface area contributed by atoms with Gasteiger partial charge in [0.25, 0.3) is 0 Å². The highest BCUT2D eigenvalue weighted by molar-refractivity contribution is 5.75. The number of carbonyl (C=O) groups excluding carboxylic acids is 1. The van der Waals surface area contributed by atoms with E-state index in [0.717, 1.165) is 24.3 Å². The second-order valence-corrected chi connectivity index (χ2v) is 7.46. The van der Waals surface area contributed by atoms with E-state index < -0.39 is 5.91 Å². The van der Waals surface area contributed by atoms with Crippen LogP contribution in [0, 0.1) is 5.92 Å². The van der Waals surface area contributed by atoms with Gasteiger partial charge in [0.1, 0.15) is 0 Å². The fourth-order valence-electron chi connectivity index (χ4n) is 3.90. The van der Waals surface area contributed by atoms with E-state index in [-0.39, 0.29) is 12.3 Å². The standard InChI is InChI=1S/C20H28N4O3/c25-19(23-26)13-17(10-4-8-15-6-2-1-3-7-15)20-22-18(24-27-20)12-16-9-5-11-21-14-16/h5,9,11,14-15,17,26H,1-4,6-8,10,12-13H2,(H,23,25)/t17-/m0/s1. The number of hydroxylamine groups is 1. The Bertz CT molecular complexity index is 698. The molecule has 1 fully saturated rings. The minimum atomic E-state index is -0.426. The molecule has 0 aliphatic heterocycles. The Balaban J connectivity index is 1.59. The number of aromatic nitrogens is 3. The average Bonchev–Trinajstić information content (AvgIpc) is 3.17. The van der Waals surface area contributed by atoms with E-state index in [9.17, 15) is 4.79 Å². The van der Waals surface area contributed by atoms with Crippen molar-refractivity contribution >= 4 is 5.91 Å². The molecule has 2 aromatic heterocycles. The lowest BCUT2D eigenvalue weighted by Crippen LogP contribution is -2.21. The number of nitrogens with zero attached hydrogens (tertiary/aromatic N) is 3. The lowest BCUT2D eigenvalue weighted by molar-refractivity contribution is -0.129. The average molecular weight is 372 g/mol. The van der Waals surface area contributed by atoms with E-state index in [1.165, 1.54) is 38.5 Å². The van der Waals surface area contributed by atoms with E-state index in [4.69, 9.17) is 9.73 Å². The maximum absolute atomic E-state index is 11.7. The Morgan fingerprint density at radius 2 is 2.19 bits per heavy atom. The Morgan fingerprint density at radius 3 is 2.93 bits per heavy atom. The van der Waals surface area contributed by atoms with Crippen LogP contribution >= 0.6 is 0 Å². The van der Waals surface area contributed by atoms with E-state index in [2.05, 4.69) is 15.1 Å². The Kier molecular flexibility index (Phi) is 7.33. The summed E-state index contributed by atoms with van der Waals surface area (Å²) < 4.78 is 5.44. The molecule has 0 saturated heterocycles. The maximum Gasteiger partial charge on any atom is 0.244 e. The zero-order valence-corrected chi connectivity index (χ0v) is 15.6. The van der Waals surface area contributed by atoms with Crippen LogP contribution in [-0.4, -0.2) is 26.2 Å². The molecular formula is C20H28N4O3. The van der Waals surface area contributed by atoms with Crippen LogP contribution in [0.1, 0.15) is 81.0 Å². The monoisotopic (exact) mass is 372 g/mol. The molecule has 1 atom stereocenters. The predicted molar refractivity (Wildman–Crippen MR) is 99.1 cm³/mol. The van der Waals surface area contributed by atoms with Crippen molar-refractivity contribution in [2.24, 2.45) is 5.92 Å². The number of nitrogens with one attached hydrogen (secondary N) is 1. The summed E-state index contributed by atoms with van der Waals surface area (Å²) in [5, 5.41) is 12.9. The van der Waals surface area contributed by atoms with Crippen molar-refractivity contribution in [1.29, 1.82) is 0 Å². The number of pyridine rings is 1. The lowest BCUT2D eigenvalue weighted by Gasteiger charge is -2.22. The van der Waals surface area contributed by atoms with Crippen LogP contribution < -0.4 is 5.48 Å². The molecule has 0 aromatic carbocycles. The fourth-order valence-corrected chi connectivity index (χ4v) is 3.90. The summed E-state index contributed by atoms with van der Waals surface area (Å²) in [4.78, 5) is 20.3. The van der Waals surface area contributed by atoms with Gasteiger partial charge in [0, 0.05) is 31.2 Å². The highest BCUT2D eigenvalue weighted by Crippen LogP contribution is 2.31. The van der Waals surface area contributed by atoms with Crippen molar-refractivity contribution in [2.75, 3.05) is 0 Å². The van der Waals surface area contributed by atoms with Crippen LogP contribution in [0.25, 0.3) is 0 Å². The van der Waals surface area contributed by atoms with Gasteiger partial charge in [-0.25, -0.2) is 5.48 Å². The zero-order chi connectivity index (χ0) is 18.9. The molecule has 0 spiro atoms. The molecule has 2 aromatic rings. The van der Waals surface area contributed by atoms with Crippen molar-refractivity contribution in [3.63, 3.8) is 0 Å². The maximum atomic E-state index is 11.7. The second kappa shape index (κ2) is 10.2. The van der Waals surface area contributed by atoms with E-state index >= 15 is 0 Å². The third-order valence-corrected chi connectivity index (χ3v) is 5.36. The van der Waals surface area contributed by atoms with E-state index in [1.54, 1.807) is 17.9 Å². The lowest BCUT2D eigenvalue weighted by atomic mass is 9.84. The van der Waals surface area contributed by atoms with Crippen LogP contribution in [0.4, 0.5) is 0 Å². The molecule has 1 amide bonds. The summed E-state index contributed by atoms with van der Waals surface area (Å²) >= 11 is 0. The Morgan fingerprint density at radius 1 is 1.33 bits per heavy atom. The molecule has 2 heterocycles. The van der Waals surface area contributed by atoms with Crippen LogP contribution in [-0.2, 0) is 11.2 Å². The van der Waals surface area contributed by atoms with Crippen molar-refractivity contribution < 1.29 is 14.5 Å². The first-order valence-corrected chi connectivity index (χ1v) is 9.89. The van der Waals surface area contributed by atoms with Crippen LogP contribution in [0.15, 0.2) is 29.0 Å². The molecule has 7 heteroatoms. The van der Waals surface area contributed by atoms with Gasteiger partial charge < -0.3 is 4.52 Å². The normalized spacial score (nSPS) is 16.2. The van der Waals surface area contributed by atoms with Crippen molar-refractivity contribution in [3.8, 4) is 0 Å². The third kappa shape index (κ3) is 6.13. The van der Waals surface area contributed by atoms with Gasteiger partial charge in [-0.1, -0.05) is 56.2 Å². The summed E-state index contributed by atoms with van der Waals surface area (Å²) in [6.07, 6.45) is 13.9. The van der Waals surface area contributed by atoms with Crippen molar-refractivity contribution in [2.45, 2.75) is 70.1 Å². The quantitative estimate of drug-likeness (QED) is 0.513. The van der Waals surface area contributed by atoms with Gasteiger partial charge in [0.2, 0.25) is 11.8 Å². The number of carbonyl (C=O) groups is 1. The van der Waals surface area contributed by atoms with Crippen LogP contribution in [0.2, 0.25) is 0 Å². The predicted octanol–water partition coefficient (Wildman–Crippen LogP) is 3.79. The first-order valence-electron chi connectivity index (χ1n) is 9.89. The molecule has 3 rings (SSSR count). The highest BCUT2D eigenvalue weighted by atomic mass is 16.5. The molecule has 27 heavy (non-hydrogen) atoms. The Hall–Kier alpha value is -2.28. The number of hydrogen-bond acceptors (Lipinski definition) is 6. The molecule has 1 aliphatic rings. The van der Waals surface area contributed by atoms with Gasteiger partial charge in [0.05, 0.1) is 0 Å². The first-order chi connectivity index (χ1) is 13.2. The highest BCUT2D eigenvalue weighted by Gasteiger charge is 2.23. The van der Waals surface area contributed by atoms with Crippen molar-refractivity contribution in [1.82, 2.24) is 20.6 Å². The summed E-state index contributed by atoms with van der Waals surface area (Å²) in [5.41, 5.74) is 2.72. The number of hydrogen-bond donors (Lipinski definition) is 2. The first kappa shape index (κ1) is 19.5. The minimum absolute atomic E-state index is 0.149. The topological polar surface area (TPSA) is 101 Å². The number of amides is 1. The zero-order valence-electron chi connectivity index (χ0n) is 15.6. The molecule has 0 bridgehead atoms. The largest absolute Gasteiger partial charge is 0.339 e. The Labute approximate surface area is 159 Å². The molecule has 1 aliphatic carbocycles. The van der Waals surface area contributed by atoms with Crippen molar-refractivity contribution in [3.05, 3.63) is 41.8 Å². The molecule has 1 saturated carbocycles. The molecule has 7 nitrogen and oxygen atoms in total. The van der Waals surface area contributed by atoms with E-state index in [0.29, 0.717) is 18.1 Å². The molecule has 0 unspecified atom stereocenters. The molecule has 2 N–H and O–H groups in total. The second-order valence-electron chi connectivity index (χ2n) is 7.46. The van der Waals surface area contributed by atoms with E-state index in [1.807, 2.05) is 12.1 Å². The fraction of sp³-hybridized carbons (Fsp3) is 0.600. The summed E-state index contributed by atoms with van der Waals surface area (Å²) in [7, 11) is 0. The van der Waals surface area contributed by atoms with Gasteiger partial charge in [-0.05, 0) is 24.0 Å². The van der Waals surface area contributed by atoms with Gasteiger partial charge >= 0.3 is 0 Å². The molecule has 146 valence electrons. The molecular weight excluding hydrogens is 344 g/mol. The van der Waals surface area contributed by atoms with Gasteiger partial charge in [-0.2, -0.15) is 4.98 Å². The number of rotatable bonds is 9. The van der Waals surface area contributed by atoms with Gasteiger partial charge in [0.15, 0.2) is 5.82 Å². The summed E-state index contributed by atoms with van der Waals surface area (Å²) in [6, 6.07) is 3.83. The summed E-state index contributed by atoms with van der Waals surface area (Å²) in [6.45, 7) is 0. The van der Waals surface area contributed by atoms with Crippen LogP contribution in [0.3, 0.4) is 0 Å². The third-order valence-electron chi connectivity index (χ3n) is 5.36. The molecule has 0 radical (unpaired) electrons.